The van der Waals surface area contributed by atoms with E-state index in [1.807, 2.05) is 12.3 Å². The lowest BCUT2D eigenvalue weighted by molar-refractivity contribution is -0.126. The lowest BCUT2D eigenvalue weighted by Crippen LogP contribution is -2.40. The number of amides is 3. The molecule has 0 radical (unpaired) electrons. The summed E-state index contributed by atoms with van der Waals surface area (Å²) >= 11 is 1.54. The third-order valence-electron chi connectivity index (χ3n) is 3.24. The Morgan fingerprint density at radius 1 is 1.41 bits per heavy atom. The van der Waals surface area contributed by atoms with Crippen LogP contribution in [0.4, 0.5) is 0 Å². The summed E-state index contributed by atoms with van der Waals surface area (Å²) in [6.45, 7) is 2.40. The number of aryl methyl sites for hydroxylation is 1. The maximum Gasteiger partial charge on any atom is 0.256 e. The fourth-order valence-electron chi connectivity index (χ4n) is 2.30. The summed E-state index contributed by atoms with van der Waals surface area (Å²) in [4.78, 5) is 37.4. The normalized spacial score (nSPS) is 23.2. The Morgan fingerprint density at radius 3 is 2.76 bits per heavy atom. The van der Waals surface area contributed by atoms with Gasteiger partial charge in [-0.1, -0.05) is 0 Å². The van der Waals surface area contributed by atoms with E-state index in [9.17, 15) is 14.4 Å². The highest BCUT2D eigenvalue weighted by Gasteiger charge is 2.42. The van der Waals surface area contributed by atoms with Crippen molar-refractivity contribution in [3.05, 3.63) is 21.4 Å². The largest absolute Gasteiger partial charge is 0.322 e. The summed E-state index contributed by atoms with van der Waals surface area (Å²) in [7, 11) is 0. The molecule has 88 valence electrons. The molecule has 1 atom stereocenters. The van der Waals surface area contributed by atoms with Crippen molar-refractivity contribution in [2.45, 2.75) is 25.9 Å². The van der Waals surface area contributed by atoms with E-state index in [-0.39, 0.29) is 24.1 Å². The third kappa shape index (κ3) is 1.40. The van der Waals surface area contributed by atoms with E-state index < -0.39 is 6.04 Å². The molecule has 1 N–H and O–H groups in total. The molecule has 1 aromatic heterocycles. The lowest BCUT2D eigenvalue weighted by atomic mass is 10.2. The molecular formula is C11H10N2O3S. The highest BCUT2D eigenvalue weighted by atomic mass is 32.1. The van der Waals surface area contributed by atoms with Crippen molar-refractivity contribution < 1.29 is 14.4 Å². The van der Waals surface area contributed by atoms with Crippen LogP contribution in [0.25, 0.3) is 0 Å². The van der Waals surface area contributed by atoms with Gasteiger partial charge in [-0.05, 0) is 12.5 Å². The Hall–Kier alpha value is -1.69. The monoisotopic (exact) mass is 250 g/mol. The van der Waals surface area contributed by atoms with Crippen LogP contribution in [0, 0.1) is 6.92 Å². The summed E-state index contributed by atoms with van der Waals surface area (Å²) in [6.07, 6.45) is 0.0807. The van der Waals surface area contributed by atoms with E-state index in [0.29, 0.717) is 12.1 Å². The quantitative estimate of drug-likeness (QED) is 0.735. The molecule has 1 saturated heterocycles. The van der Waals surface area contributed by atoms with Gasteiger partial charge in [-0.3, -0.25) is 19.7 Å². The molecule has 1 fully saturated rings. The highest BCUT2D eigenvalue weighted by Crippen LogP contribution is 2.32. The van der Waals surface area contributed by atoms with Crippen LogP contribution in [0.15, 0.2) is 5.38 Å². The lowest BCUT2D eigenvalue weighted by Gasteiger charge is -2.20. The maximum atomic E-state index is 12.1. The van der Waals surface area contributed by atoms with Crippen LogP contribution in [-0.2, 0) is 16.1 Å². The molecule has 1 aromatic rings. The Bertz CT molecular complexity index is 549. The number of hydrogen-bond donors (Lipinski definition) is 1. The molecule has 6 heteroatoms. The number of imide groups is 1. The first kappa shape index (κ1) is 10.5. The van der Waals surface area contributed by atoms with Crippen molar-refractivity contribution in [2.75, 3.05) is 0 Å². The molecule has 1 unspecified atom stereocenters. The Balaban J connectivity index is 1.92. The summed E-state index contributed by atoms with van der Waals surface area (Å²) in [5.74, 6) is -0.812. The summed E-state index contributed by atoms with van der Waals surface area (Å²) in [6, 6.07) is -0.633. The summed E-state index contributed by atoms with van der Waals surface area (Å²) in [5, 5.41) is 4.05. The molecule has 5 nitrogen and oxygen atoms in total. The first-order chi connectivity index (χ1) is 8.08. The number of hydrogen-bond acceptors (Lipinski definition) is 4. The van der Waals surface area contributed by atoms with Crippen LogP contribution in [0.3, 0.4) is 0 Å². The first-order valence-corrected chi connectivity index (χ1v) is 6.17. The molecule has 0 bridgehead atoms. The molecule has 0 aliphatic carbocycles. The van der Waals surface area contributed by atoms with Crippen molar-refractivity contribution in [1.29, 1.82) is 0 Å². The minimum atomic E-state index is -0.633. The van der Waals surface area contributed by atoms with E-state index in [1.54, 1.807) is 11.3 Å². The molecule has 2 aliphatic heterocycles. The second-order valence-corrected chi connectivity index (χ2v) is 5.33. The highest BCUT2D eigenvalue weighted by molar-refractivity contribution is 7.10. The van der Waals surface area contributed by atoms with Gasteiger partial charge in [-0.2, -0.15) is 0 Å². The fraction of sp³-hybridized carbons (Fsp3) is 0.364. The van der Waals surface area contributed by atoms with Gasteiger partial charge in [0.05, 0.1) is 12.0 Å². The Kier molecular flexibility index (Phi) is 2.09. The predicted molar refractivity (Wildman–Crippen MR) is 60.5 cm³/mol. The molecular weight excluding hydrogens is 240 g/mol. The first-order valence-electron chi connectivity index (χ1n) is 5.29. The second kappa shape index (κ2) is 3.40. The van der Waals surface area contributed by atoms with Crippen molar-refractivity contribution in [1.82, 2.24) is 10.2 Å². The van der Waals surface area contributed by atoms with E-state index in [0.717, 1.165) is 10.4 Å². The standard InChI is InChI=1S/C11H10N2O3S/c1-5-6-3-13(11(16)7(6)4-17-5)8-2-9(14)12-10(8)15/h4,8H,2-3H2,1H3,(H,12,14,15). The summed E-state index contributed by atoms with van der Waals surface area (Å²) < 4.78 is 0. The van der Waals surface area contributed by atoms with Gasteiger partial charge in [0.15, 0.2) is 0 Å². The molecule has 3 rings (SSSR count). The van der Waals surface area contributed by atoms with Crippen molar-refractivity contribution in [3.8, 4) is 0 Å². The Morgan fingerprint density at radius 2 is 2.18 bits per heavy atom. The minimum Gasteiger partial charge on any atom is -0.322 e. The van der Waals surface area contributed by atoms with Crippen LogP contribution in [0.5, 0.6) is 0 Å². The molecule has 3 heterocycles. The number of carbonyl (C=O) groups is 3. The van der Waals surface area contributed by atoms with Crippen LogP contribution in [-0.4, -0.2) is 28.7 Å². The van der Waals surface area contributed by atoms with E-state index in [4.69, 9.17) is 0 Å². The van der Waals surface area contributed by atoms with Gasteiger partial charge in [0.25, 0.3) is 5.91 Å². The van der Waals surface area contributed by atoms with Gasteiger partial charge < -0.3 is 4.90 Å². The second-order valence-electron chi connectivity index (χ2n) is 4.25. The molecule has 0 aromatic carbocycles. The molecule has 0 spiro atoms. The maximum absolute atomic E-state index is 12.1. The fourth-order valence-corrected chi connectivity index (χ4v) is 3.15. The zero-order valence-electron chi connectivity index (χ0n) is 9.15. The molecule has 3 amide bonds. The van der Waals surface area contributed by atoms with Crippen LogP contribution < -0.4 is 5.32 Å². The number of nitrogens with one attached hydrogen (secondary N) is 1. The van der Waals surface area contributed by atoms with Crippen molar-refractivity contribution >= 4 is 29.1 Å². The van der Waals surface area contributed by atoms with Crippen molar-refractivity contribution in [3.63, 3.8) is 0 Å². The van der Waals surface area contributed by atoms with Crippen LogP contribution >= 0.6 is 11.3 Å². The third-order valence-corrected chi connectivity index (χ3v) is 4.20. The minimum absolute atomic E-state index is 0.0807. The van der Waals surface area contributed by atoms with Gasteiger partial charge in [-0.15, -0.1) is 11.3 Å². The van der Waals surface area contributed by atoms with E-state index >= 15 is 0 Å². The zero-order valence-corrected chi connectivity index (χ0v) is 9.97. The number of fused-ring (bicyclic) bond motifs is 1. The van der Waals surface area contributed by atoms with Gasteiger partial charge in [0.2, 0.25) is 11.8 Å². The van der Waals surface area contributed by atoms with Gasteiger partial charge in [0, 0.05) is 16.8 Å². The number of rotatable bonds is 1. The summed E-state index contributed by atoms with van der Waals surface area (Å²) in [5.41, 5.74) is 1.67. The average molecular weight is 250 g/mol. The predicted octanol–water partition coefficient (Wildman–Crippen LogP) is 0.427. The molecule has 17 heavy (non-hydrogen) atoms. The SMILES string of the molecule is Cc1scc2c1CN(C1CC(=O)NC1=O)C2=O. The van der Waals surface area contributed by atoms with Crippen LogP contribution in [0.2, 0.25) is 0 Å². The van der Waals surface area contributed by atoms with Gasteiger partial charge in [-0.25, -0.2) is 0 Å². The smallest absolute Gasteiger partial charge is 0.256 e. The average Bonchev–Trinajstić information content (AvgIpc) is 2.87. The molecule has 0 saturated carbocycles. The molecule has 2 aliphatic rings. The van der Waals surface area contributed by atoms with E-state index in [2.05, 4.69) is 5.32 Å². The topological polar surface area (TPSA) is 66.5 Å². The van der Waals surface area contributed by atoms with Gasteiger partial charge >= 0.3 is 0 Å². The van der Waals surface area contributed by atoms with Crippen LogP contribution in [0.1, 0.15) is 27.2 Å². The van der Waals surface area contributed by atoms with E-state index in [1.165, 1.54) is 4.90 Å². The number of nitrogens with zero attached hydrogens (tertiary/aromatic N) is 1. The Labute approximate surface area is 101 Å². The van der Waals surface area contributed by atoms with Gasteiger partial charge in [0.1, 0.15) is 6.04 Å². The number of thiophene rings is 1. The van der Waals surface area contributed by atoms with Crippen molar-refractivity contribution in [2.24, 2.45) is 0 Å². The number of carbonyl (C=O) groups excluding carboxylic acids is 3. The zero-order chi connectivity index (χ0) is 12.2.